The Hall–Kier alpha value is -0.610. The standard InChI is InChI=1S/C16H30N2O2/c1-11(2)15-14(5-4-8-20-15)10-18-16(19)13-6-7-17-12(3)9-13/h11-15,17H,4-10H2,1-3H3,(H,18,19)/t12-,13-,14?,15?/m0/s1. The quantitative estimate of drug-likeness (QED) is 0.828. The highest BCUT2D eigenvalue weighted by Crippen LogP contribution is 2.26. The molecule has 2 N–H and O–H groups in total. The second-order valence-electron chi connectivity index (χ2n) is 6.80. The van der Waals surface area contributed by atoms with Gasteiger partial charge < -0.3 is 15.4 Å². The minimum Gasteiger partial charge on any atom is -0.378 e. The number of ether oxygens (including phenoxy) is 1. The molecule has 2 unspecified atom stereocenters. The zero-order chi connectivity index (χ0) is 14.5. The summed E-state index contributed by atoms with van der Waals surface area (Å²) in [5.41, 5.74) is 0. The molecular formula is C16H30N2O2. The van der Waals surface area contributed by atoms with Crippen molar-refractivity contribution < 1.29 is 9.53 Å². The lowest BCUT2D eigenvalue weighted by molar-refractivity contribution is -0.127. The highest BCUT2D eigenvalue weighted by atomic mass is 16.5. The molecule has 2 heterocycles. The van der Waals surface area contributed by atoms with E-state index in [0.717, 1.165) is 39.0 Å². The Morgan fingerprint density at radius 3 is 2.90 bits per heavy atom. The first-order chi connectivity index (χ1) is 9.58. The largest absolute Gasteiger partial charge is 0.378 e. The lowest BCUT2D eigenvalue weighted by Crippen LogP contribution is -2.46. The molecule has 0 bridgehead atoms. The van der Waals surface area contributed by atoms with Gasteiger partial charge in [-0.25, -0.2) is 0 Å². The lowest BCUT2D eigenvalue weighted by atomic mass is 9.87. The highest BCUT2D eigenvalue weighted by Gasteiger charge is 2.30. The number of nitrogens with one attached hydrogen (secondary N) is 2. The minimum absolute atomic E-state index is 0.188. The molecule has 0 aromatic rings. The molecular weight excluding hydrogens is 252 g/mol. The van der Waals surface area contributed by atoms with Crippen LogP contribution in [0.5, 0.6) is 0 Å². The molecule has 0 aromatic carbocycles. The van der Waals surface area contributed by atoms with Crippen molar-refractivity contribution >= 4 is 5.91 Å². The van der Waals surface area contributed by atoms with E-state index >= 15 is 0 Å². The fourth-order valence-corrected chi connectivity index (χ4v) is 3.57. The van der Waals surface area contributed by atoms with Crippen molar-refractivity contribution in [3.05, 3.63) is 0 Å². The van der Waals surface area contributed by atoms with E-state index in [-0.39, 0.29) is 11.8 Å². The third-order valence-electron chi connectivity index (χ3n) is 4.68. The van der Waals surface area contributed by atoms with Gasteiger partial charge in [0, 0.05) is 31.0 Å². The van der Waals surface area contributed by atoms with Crippen LogP contribution in [-0.2, 0) is 9.53 Å². The summed E-state index contributed by atoms with van der Waals surface area (Å²) in [5, 5.41) is 6.58. The molecule has 2 aliphatic rings. The van der Waals surface area contributed by atoms with E-state index in [1.807, 2.05) is 0 Å². The molecule has 4 heteroatoms. The summed E-state index contributed by atoms with van der Waals surface area (Å²) in [5.74, 6) is 1.43. The fourth-order valence-electron chi connectivity index (χ4n) is 3.57. The van der Waals surface area contributed by atoms with Crippen molar-refractivity contribution in [2.75, 3.05) is 19.7 Å². The van der Waals surface area contributed by atoms with Crippen LogP contribution in [0.15, 0.2) is 0 Å². The number of amides is 1. The van der Waals surface area contributed by atoms with E-state index < -0.39 is 0 Å². The average molecular weight is 282 g/mol. The van der Waals surface area contributed by atoms with E-state index in [2.05, 4.69) is 31.4 Å². The van der Waals surface area contributed by atoms with E-state index in [1.165, 1.54) is 6.42 Å². The Morgan fingerprint density at radius 2 is 2.20 bits per heavy atom. The van der Waals surface area contributed by atoms with Gasteiger partial charge in [0.15, 0.2) is 0 Å². The van der Waals surface area contributed by atoms with Gasteiger partial charge in [0.2, 0.25) is 5.91 Å². The van der Waals surface area contributed by atoms with Gasteiger partial charge in [0.25, 0.3) is 0 Å². The summed E-state index contributed by atoms with van der Waals surface area (Å²) in [6.45, 7) is 9.18. The Kier molecular flexibility index (Phi) is 5.85. The summed E-state index contributed by atoms with van der Waals surface area (Å²) in [4.78, 5) is 12.3. The Balaban J connectivity index is 1.79. The molecule has 0 aromatic heterocycles. The normalized spacial score (nSPS) is 35.0. The second-order valence-corrected chi connectivity index (χ2v) is 6.80. The molecule has 0 radical (unpaired) electrons. The SMILES string of the molecule is CC(C)C1OCCCC1CNC(=O)[C@H]1CCN[C@@H](C)C1. The molecule has 4 atom stereocenters. The molecule has 116 valence electrons. The molecule has 20 heavy (non-hydrogen) atoms. The van der Waals surface area contributed by atoms with Gasteiger partial charge in [-0.1, -0.05) is 13.8 Å². The van der Waals surface area contributed by atoms with E-state index in [9.17, 15) is 4.79 Å². The van der Waals surface area contributed by atoms with Gasteiger partial charge in [-0.3, -0.25) is 4.79 Å². The van der Waals surface area contributed by atoms with E-state index in [4.69, 9.17) is 4.74 Å². The van der Waals surface area contributed by atoms with Crippen LogP contribution in [0.4, 0.5) is 0 Å². The van der Waals surface area contributed by atoms with Gasteiger partial charge >= 0.3 is 0 Å². The first kappa shape index (κ1) is 15.8. The number of hydrogen-bond acceptors (Lipinski definition) is 3. The van der Waals surface area contributed by atoms with Gasteiger partial charge in [0.1, 0.15) is 0 Å². The van der Waals surface area contributed by atoms with Crippen LogP contribution in [0, 0.1) is 17.8 Å². The van der Waals surface area contributed by atoms with Gasteiger partial charge in [-0.05, 0) is 45.1 Å². The van der Waals surface area contributed by atoms with Crippen LogP contribution in [0.3, 0.4) is 0 Å². The van der Waals surface area contributed by atoms with Crippen LogP contribution in [-0.4, -0.2) is 37.7 Å². The number of carbonyl (C=O) groups excluding carboxylic acids is 1. The summed E-state index contributed by atoms with van der Waals surface area (Å²) in [6, 6.07) is 0.459. The van der Waals surface area contributed by atoms with Crippen LogP contribution in [0.25, 0.3) is 0 Å². The van der Waals surface area contributed by atoms with Crippen molar-refractivity contribution in [1.29, 1.82) is 0 Å². The van der Waals surface area contributed by atoms with Crippen molar-refractivity contribution in [3.8, 4) is 0 Å². The molecule has 1 amide bonds. The van der Waals surface area contributed by atoms with Crippen LogP contribution in [0.1, 0.15) is 46.5 Å². The van der Waals surface area contributed by atoms with Crippen LogP contribution < -0.4 is 10.6 Å². The molecule has 2 rings (SSSR count). The maximum absolute atomic E-state index is 12.3. The smallest absolute Gasteiger partial charge is 0.223 e. The first-order valence-electron chi connectivity index (χ1n) is 8.20. The second kappa shape index (κ2) is 7.41. The highest BCUT2D eigenvalue weighted by molar-refractivity contribution is 5.78. The molecule has 0 spiro atoms. The van der Waals surface area contributed by atoms with Crippen molar-refractivity contribution in [3.63, 3.8) is 0 Å². The summed E-state index contributed by atoms with van der Waals surface area (Å²) in [7, 11) is 0. The summed E-state index contributed by atoms with van der Waals surface area (Å²) in [6.07, 6.45) is 4.52. The third kappa shape index (κ3) is 4.19. The predicted octanol–water partition coefficient (Wildman–Crippen LogP) is 1.94. The maximum Gasteiger partial charge on any atom is 0.223 e. The van der Waals surface area contributed by atoms with Crippen molar-refractivity contribution in [2.45, 2.75) is 58.6 Å². The molecule has 2 aliphatic heterocycles. The maximum atomic E-state index is 12.3. The van der Waals surface area contributed by atoms with Crippen molar-refractivity contribution in [1.82, 2.24) is 10.6 Å². The number of hydrogen-bond donors (Lipinski definition) is 2. The molecule has 0 aliphatic carbocycles. The molecule has 4 nitrogen and oxygen atoms in total. The Morgan fingerprint density at radius 1 is 1.40 bits per heavy atom. The van der Waals surface area contributed by atoms with E-state index in [0.29, 0.717) is 24.0 Å². The van der Waals surface area contributed by atoms with Crippen LogP contribution >= 0.6 is 0 Å². The average Bonchev–Trinajstić information content (AvgIpc) is 2.45. The monoisotopic (exact) mass is 282 g/mol. The number of rotatable bonds is 4. The summed E-state index contributed by atoms with van der Waals surface area (Å²) >= 11 is 0. The van der Waals surface area contributed by atoms with E-state index in [1.54, 1.807) is 0 Å². The van der Waals surface area contributed by atoms with Gasteiger partial charge in [0.05, 0.1) is 6.10 Å². The number of piperidine rings is 1. The molecule has 2 saturated heterocycles. The Bertz CT molecular complexity index is 320. The van der Waals surface area contributed by atoms with Gasteiger partial charge in [-0.15, -0.1) is 0 Å². The number of carbonyl (C=O) groups is 1. The van der Waals surface area contributed by atoms with Crippen molar-refractivity contribution in [2.24, 2.45) is 17.8 Å². The van der Waals surface area contributed by atoms with Gasteiger partial charge in [-0.2, -0.15) is 0 Å². The Labute approximate surface area is 123 Å². The fraction of sp³-hybridized carbons (Fsp3) is 0.938. The third-order valence-corrected chi connectivity index (χ3v) is 4.68. The van der Waals surface area contributed by atoms with Crippen LogP contribution in [0.2, 0.25) is 0 Å². The topological polar surface area (TPSA) is 50.4 Å². The summed E-state index contributed by atoms with van der Waals surface area (Å²) < 4.78 is 5.89. The molecule has 2 fully saturated rings. The first-order valence-corrected chi connectivity index (χ1v) is 8.20. The zero-order valence-corrected chi connectivity index (χ0v) is 13.2. The molecule has 0 saturated carbocycles. The predicted molar refractivity (Wildman–Crippen MR) is 80.5 cm³/mol. The lowest BCUT2D eigenvalue weighted by Gasteiger charge is -2.35. The zero-order valence-electron chi connectivity index (χ0n) is 13.2. The minimum atomic E-state index is 0.188.